The van der Waals surface area contributed by atoms with E-state index >= 15 is 0 Å². The van der Waals surface area contributed by atoms with Gasteiger partial charge in [-0.2, -0.15) is 0 Å². The number of phenols is 3. The molecule has 18 rings (SSSR count). The van der Waals surface area contributed by atoms with Crippen LogP contribution in [-0.2, 0) is 86.2 Å². The molecule has 0 saturated carbocycles. The molecule has 33 heteroatoms. The number of nitrogens with one attached hydrogen (secondary N) is 8. The highest BCUT2D eigenvalue weighted by Gasteiger charge is 2.36. The zero-order valence-electron chi connectivity index (χ0n) is 78.9. The van der Waals surface area contributed by atoms with Crippen LogP contribution in [0.1, 0.15) is 136 Å². The molecular formula is C112H109N11O22. The maximum atomic E-state index is 13.0. The van der Waals surface area contributed by atoms with E-state index in [1.54, 1.807) is 104 Å². The summed E-state index contributed by atoms with van der Waals surface area (Å²) in [4.78, 5) is 129. The van der Waals surface area contributed by atoms with Crippen LogP contribution in [0.2, 0.25) is 0 Å². The summed E-state index contributed by atoms with van der Waals surface area (Å²) in [6.45, 7) is 2.45. The fourth-order valence-electron chi connectivity index (χ4n) is 17.9. The summed E-state index contributed by atoms with van der Waals surface area (Å²) >= 11 is 0. The standard InChI is InChI=1S/C26H26N2O5.C24H23N3O4.C24H22N2O5.C20H20N2O4.C18H18N2O4/c1-17(29)27-24(14-18-10-12-22(30)13-11-18)26(33)28-21-9-5-8-20(15-21)23(16-25(31)32)19-6-3-2-4-7-19;25-21(11-14-5-8-16(28)9-6-14)24(31)27-15-7-10-18-17-3-1-2-4-19(17)23(20(18)12-15)26-13-22(29)30;25-21(11-14-5-8-16(27)9-6-14)24(30)26-15-7-10-18-17-3-1-2-4-19(17)23(20(18)12-15)31-13-22(28)29;23-18(24)11-26-19-15-5-2-1-4-13(15)14-8-7-12(10-16(14)19)22-20(25)17-6-3-9-21-17;1-10(19)18(23)20-11-6-7-13-12-4-2-3-5-14(12)17(15(13)8-11)24-9-16(21)22/h2-13,15,23-24,30H,14,16H2,1H3,(H,27,29)(H,28,33)(H,31,32);1-10,12,21,23,26,28H,11,13,25H2,(H,27,31)(H,29,30);1-10,12,21,23,27H,11,13,25H2,(H,26,30)(H,28,29);1-2,4-5,7-8,10,17,19,21H,3,6,9,11H2,(H,22,25)(H,23,24);2-8,10,17H,9,19H2,1H3,(H,20,23)(H,21,22)/t23?,24-;2*21-,23?;17-,19?;10-,17?/m00000/s1. The summed E-state index contributed by atoms with van der Waals surface area (Å²) in [7, 11) is 0. The number of carbonyl (C=O) groups is 11. The molecule has 13 aromatic rings. The van der Waals surface area contributed by atoms with E-state index in [1.165, 1.54) is 19.1 Å². The van der Waals surface area contributed by atoms with Crippen LogP contribution in [0.15, 0.2) is 297 Å². The summed E-state index contributed by atoms with van der Waals surface area (Å²) in [6.07, 6.45) is 1.23. The molecule has 4 aliphatic carbocycles. The van der Waals surface area contributed by atoms with Crippen molar-refractivity contribution in [3.63, 3.8) is 0 Å². The monoisotopic (exact) mass is 1960 g/mol. The number of aliphatic carboxylic acids is 5. The molecule has 744 valence electrons. The van der Waals surface area contributed by atoms with E-state index < -0.39 is 91.4 Å². The third-order valence-electron chi connectivity index (χ3n) is 24.6. The first-order valence-corrected chi connectivity index (χ1v) is 46.7. The molecule has 1 aliphatic heterocycles. The van der Waals surface area contributed by atoms with Gasteiger partial charge in [0.15, 0.2) is 0 Å². The molecule has 0 aromatic heterocycles. The predicted molar refractivity (Wildman–Crippen MR) is 545 cm³/mol. The van der Waals surface area contributed by atoms with Crippen LogP contribution in [0, 0.1) is 0 Å². The van der Waals surface area contributed by atoms with Gasteiger partial charge in [0.05, 0.1) is 43.2 Å². The zero-order chi connectivity index (χ0) is 103. The van der Waals surface area contributed by atoms with Crippen molar-refractivity contribution in [2.45, 2.75) is 113 Å². The predicted octanol–water partition coefficient (Wildman–Crippen LogP) is 14.1. The van der Waals surface area contributed by atoms with Gasteiger partial charge < -0.3 is 109 Å². The van der Waals surface area contributed by atoms with Gasteiger partial charge in [0, 0.05) is 47.7 Å². The maximum absolute atomic E-state index is 13.0. The van der Waals surface area contributed by atoms with Crippen LogP contribution in [0.5, 0.6) is 17.2 Å². The molecule has 0 bridgehead atoms. The van der Waals surface area contributed by atoms with Gasteiger partial charge in [-0.1, -0.05) is 200 Å². The van der Waals surface area contributed by atoms with Crippen molar-refractivity contribution >= 4 is 93.7 Å². The number of carboxylic acid groups (broad SMARTS) is 5. The Morgan fingerprint density at radius 2 is 0.717 bits per heavy atom. The van der Waals surface area contributed by atoms with Crippen molar-refractivity contribution in [3.8, 4) is 61.8 Å². The van der Waals surface area contributed by atoms with Crippen LogP contribution in [0.3, 0.4) is 0 Å². The Balaban J connectivity index is 0.000000144. The number of aromatic hydroxyl groups is 3. The minimum atomic E-state index is -1.05. The van der Waals surface area contributed by atoms with Crippen molar-refractivity contribution in [2.24, 2.45) is 17.2 Å². The van der Waals surface area contributed by atoms with Crippen LogP contribution in [0.25, 0.3) is 44.5 Å². The molecule has 0 radical (unpaired) electrons. The molecular weight excluding hydrogens is 1850 g/mol. The lowest BCUT2D eigenvalue weighted by Gasteiger charge is -2.20. The van der Waals surface area contributed by atoms with Gasteiger partial charge >= 0.3 is 29.8 Å². The number of nitrogens with two attached hydrogens (primary N) is 3. The van der Waals surface area contributed by atoms with Gasteiger partial charge in [-0.15, -0.1) is 0 Å². The van der Waals surface area contributed by atoms with Gasteiger partial charge in [-0.3, -0.25) is 43.7 Å². The number of carboxylic acids is 5. The number of benzene rings is 13. The van der Waals surface area contributed by atoms with Crippen molar-refractivity contribution in [1.29, 1.82) is 0 Å². The largest absolute Gasteiger partial charge is 0.508 e. The van der Waals surface area contributed by atoms with Gasteiger partial charge in [-0.25, -0.2) is 14.4 Å². The Bertz CT molecular complexity index is 6740. The number of ether oxygens (including phenoxy) is 3. The Kier molecular flexibility index (Phi) is 34.8. The number of fused-ring (bicyclic) bond motifs is 12. The van der Waals surface area contributed by atoms with Gasteiger partial charge in [0.1, 0.15) is 61.4 Å². The molecule has 22 N–H and O–H groups in total. The second-order valence-electron chi connectivity index (χ2n) is 35.2. The van der Waals surface area contributed by atoms with Crippen LogP contribution < -0.4 is 59.7 Å². The highest BCUT2D eigenvalue weighted by Crippen LogP contribution is 2.50. The first-order chi connectivity index (χ1) is 69.8. The normalized spacial score (nSPS) is 15.6. The summed E-state index contributed by atoms with van der Waals surface area (Å²) in [5.41, 5.74) is 39.9. The quantitative estimate of drug-likeness (QED) is 0.0182. The van der Waals surface area contributed by atoms with E-state index in [9.17, 15) is 73.2 Å². The fraction of sp³-hybridized carbons (Fsp3) is 0.205. The molecule has 1 heterocycles. The molecule has 5 unspecified atom stereocenters. The van der Waals surface area contributed by atoms with Crippen LogP contribution in [0.4, 0.5) is 28.4 Å². The second kappa shape index (κ2) is 48.5. The number of amides is 6. The molecule has 1 fully saturated rings. The molecule has 6 amide bonds. The van der Waals surface area contributed by atoms with Crippen LogP contribution in [-0.4, -0.2) is 169 Å². The summed E-state index contributed by atoms with van der Waals surface area (Å²) < 4.78 is 16.9. The Hall–Kier alpha value is -16.9. The van der Waals surface area contributed by atoms with Crippen LogP contribution >= 0.6 is 0 Å². The highest BCUT2D eigenvalue weighted by molar-refractivity contribution is 6.00. The highest BCUT2D eigenvalue weighted by atomic mass is 16.5. The molecule has 1 saturated heterocycles. The average Bonchev–Trinajstić information content (AvgIpc) is 1.62. The Morgan fingerprint density at radius 3 is 1.12 bits per heavy atom. The molecule has 33 nitrogen and oxygen atoms in total. The third kappa shape index (κ3) is 27.3. The van der Waals surface area contributed by atoms with Crippen molar-refractivity contribution < 1.29 is 108 Å². The second-order valence-corrected chi connectivity index (χ2v) is 35.2. The number of anilines is 5. The molecule has 13 aromatic carbocycles. The van der Waals surface area contributed by atoms with Crippen molar-refractivity contribution in [3.05, 3.63) is 370 Å². The van der Waals surface area contributed by atoms with E-state index in [2.05, 4.69) is 42.5 Å². The lowest BCUT2D eigenvalue weighted by molar-refractivity contribution is -0.144. The van der Waals surface area contributed by atoms with E-state index in [0.717, 1.165) is 136 Å². The smallest absolute Gasteiger partial charge is 0.329 e. The van der Waals surface area contributed by atoms with E-state index in [1.807, 2.05) is 188 Å². The summed E-state index contributed by atoms with van der Waals surface area (Å²) in [6, 6.07) is 85.9. The van der Waals surface area contributed by atoms with Crippen molar-refractivity contribution in [2.75, 3.05) is 59.5 Å². The lowest BCUT2D eigenvalue weighted by atomic mass is 9.88. The average molecular weight is 1960 g/mol. The van der Waals surface area contributed by atoms with Crippen molar-refractivity contribution in [1.82, 2.24) is 16.0 Å². The maximum Gasteiger partial charge on any atom is 0.329 e. The third-order valence-corrected chi connectivity index (χ3v) is 24.6. The van der Waals surface area contributed by atoms with Gasteiger partial charge in [-0.05, 0) is 253 Å². The molecule has 145 heavy (non-hydrogen) atoms. The van der Waals surface area contributed by atoms with Gasteiger partial charge in [0.2, 0.25) is 35.4 Å². The Morgan fingerprint density at radius 1 is 0.359 bits per heavy atom. The number of hydrogen-bond donors (Lipinski definition) is 19. The minimum Gasteiger partial charge on any atom is -0.508 e. The number of carbonyl (C=O) groups excluding carboxylic acids is 6. The molecule has 5 aliphatic rings. The van der Waals surface area contributed by atoms with E-state index in [4.69, 9.17) is 51.8 Å². The summed E-state index contributed by atoms with van der Waals surface area (Å²) in [5.74, 6) is -6.60. The van der Waals surface area contributed by atoms with Gasteiger partial charge in [0.25, 0.3) is 0 Å². The molecule has 10 atom stereocenters. The van der Waals surface area contributed by atoms with E-state index in [-0.39, 0.29) is 90.8 Å². The first-order valence-electron chi connectivity index (χ1n) is 46.7. The fourth-order valence-corrected chi connectivity index (χ4v) is 17.9. The lowest BCUT2D eigenvalue weighted by Crippen LogP contribution is -2.44. The van der Waals surface area contributed by atoms with E-state index in [0.29, 0.717) is 41.3 Å². The first kappa shape index (κ1) is 104. The number of phenolic OH excluding ortho intramolecular Hbond substituents is 3. The molecule has 0 spiro atoms. The summed E-state index contributed by atoms with van der Waals surface area (Å²) in [5, 5.41) is 96.8. The zero-order valence-corrected chi connectivity index (χ0v) is 78.9. The SMILES string of the molecule is CC(=O)N[C@@H](Cc1ccc(O)cc1)C(=O)Nc1cccc(C(CC(=O)O)c2ccccc2)c1.C[C@H](N)C(=O)Nc1ccc2c(c1)C(OCC(=O)O)c1ccccc1-2.N[C@@H](Cc1ccc(O)cc1)C(=O)Nc1ccc2c(c1)C(NCC(=O)O)c1ccccc1-2.N[C@@H](Cc1ccc(O)cc1)C(=O)Nc1ccc2c(c1)C(OCC(=O)O)c1ccccc1-2.O=C(O)COC1c2ccccc2-c2ccc(NC(=O)[C@@H]3CCCN3)cc21. The Labute approximate surface area is 833 Å². The topological polar surface area (TPSA) is 552 Å². The number of rotatable bonds is 33. The minimum absolute atomic E-state index is 0.0408. The number of hydrogen-bond acceptors (Lipinski definition) is 22.